The van der Waals surface area contributed by atoms with Crippen LogP contribution in [0.2, 0.25) is 0 Å². The second kappa shape index (κ2) is 5.30. The Hall–Kier alpha value is -2.09. The smallest absolute Gasteiger partial charge is 0.166 e. The van der Waals surface area contributed by atoms with Crippen molar-refractivity contribution in [3.8, 4) is 0 Å². The van der Waals surface area contributed by atoms with E-state index in [2.05, 4.69) is 6.58 Å². The van der Waals surface area contributed by atoms with Crippen LogP contribution in [0.25, 0.3) is 10.8 Å². The topological polar surface area (TPSA) is 26.3 Å². The Morgan fingerprint density at radius 1 is 1.18 bits per heavy atom. The van der Waals surface area contributed by atoms with Crippen molar-refractivity contribution in [2.24, 2.45) is 0 Å². The van der Waals surface area contributed by atoms with Crippen molar-refractivity contribution in [2.45, 2.75) is 6.42 Å². The monoisotopic (exact) mass is 226 g/mol. The quantitative estimate of drug-likeness (QED) is 0.442. The molecule has 0 bridgehead atoms. The largest absolute Gasteiger partial charge is 0.501 e. The Bertz CT molecular complexity index is 538. The van der Waals surface area contributed by atoms with E-state index >= 15 is 0 Å². The molecule has 2 heteroatoms. The van der Waals surface area contributed by atoms with Gasteiger partial charge in [0.1, 0.15) is 0 Å². The fourth-order valence-corrected chi connectivity index (χ4v) is 1.84. The Labute approximate surface area is 101 Å². The van der Waals surface area contributed by atoms with Gasteiger partial charge in [0.25, 0.3) is 0 Å². The molecule has 86 valence electrons. The molecule has 2 nitrogen and oxygen atoms in total. The number of carbonyl (C=O) groups excluding carboxylic acids is 1. The Morgan fingerprint density at radius 2 is 1.94 bits per heavy atom. The molecule has 2 aromatic carbocycles. The first-order chi connectivity index (χ1) is 8.33. The van der Waals surface area contributed by atoms with E-state index in [1.807, 2.05) is 42.5 Å². The standard InChI is InChI=1S/C15H14O2/c1-2-17-11-10-15(16)14-9-5-7-12-6-3-4-8-13(12)14/h2-9H,1,10-11H2. The molecule has 0 spiro atoms. The van der Waals surface area contributed by atoms with Crippen molar-refractivity contribution in [3.63, 3.8) is 0 Å². The molecule has 0 saturated heterocycles. The maximum absolute atomic E-state index is 12.0. The number of ether oxygens (including phenoxy) is 1. The molecular formula is C15H14O2. The lowest BCUT2D eigenvalue weighted by Gasteiger charge is -2.05. The number of rotatable bonds is 5. The molecule has 17 heavy (non-hydrogen) atoms. The average Bonchev–Trinajstić information content (AvgIpc) is 2.38. The summed E-state index contributed by atoms with van der Waals surface area (Å²) in [6.07, 6.45) is 1.73. The molecule has 0 radical (unpaired) electrons. The van der Waals surface area contributed by atoms with Gasteiger partial charge in [-0.2, -0.15) is 0 Å². The molecule has 0 aliphatic rings. The van der Waals surface area contributed by atoms with E-state index in [4.69, 9.17) is 4.74 Å². The number of carbonyl (C=O) groups is 1. The van der Waals surface area contributed by atoms with Gasteiger partial charge in [-0.05, 0) is 10.8 Å². The molecular weight excluding hydrogens is 212 g/mol. The van der Waals surface area contributed by atoms with Gasteiger partial charge in [-0.1, -0.05) is 49.0 Å². The van der Waals surface area contributed by atoms with Crippen LogP contribution in [0.3, 0.4) is 0 Å². The van der Waals surface area contributed by atoms with Crippen molar-refractivity contribution in [1.29, 1.82) is 0 Å². The van der Waals surface area contributed by atoms with Crippen LogP contribution in [0.1, 0.15) is 16.8 Å². The number of fused-ring (bicyclic) bond motifs is 1. The number of Topliss-reactive ketones (excluding diaryl/α,β-unsaturated/α-hetero) is 1. The van der Waals surface area contributed by atoms with Gasteiger partial charge in [0, 0.05) is 12.0 Å². The lowest BCUT2D eigenvalue weighted by molar-refractivity contribution is 0.0951. The third-order valence-corrected chi connectivity index (χ3v) is 2.65. The number of benzene rings is 2. The maximum Gasteiger partial charge on any atom is 0.166 e. The summed E-state index contributed by atoms with van der Waals surface area (Å²) in [4.78, 5) is 12.0. The van der Waals surface area contributed by atoms with E-state index in [0.29, 0.717) is 13.0 Å². The van der Waals surface area contributed by atoms with E-state index in [1.54, 1.807) is 0 Å². The Balaban J connectivity index is 2.28. The van der Waals surface area contributed by atoms with Gasteiger partial charge in [0.15, 0.2) is 5.78 Å². The summed E-state index contributed by atoms with van der Waals surface area (Å²) in [5.74, 6) is 0.101. The van der Waals surface area contributed by atoms with E-state index in [0.717, 1.165) is 16.3 Å². The summed E-state index contributed by atoms with van der Waals surface area (Å²) in [5.41, 5.74) is 0.760. The Kier molecular flexibility index (Phi) is 3.55. The minimum atomic E-state index is 0.101. The van der Waals surface area contributed by atoms with Crippen molar-refractivity contribution >= 4 is 16.6 Å². The van der Waals surface area contributed by atoms with Gasteiger partial charge in [-0.15, -0.1) is 0 Å². The molecule has 0 fully saturated rings. The zero-order chi connectivity index (χ0) is 12.1. The van der Waals surface area contributed by atoms with Crippen LogP contribution in [0, 0.1) is 0 Å². The summed E-state index contributed by atoms with van der Waals surface area (Å²) in [6, 6.07) is 13.7. The van der Waals surface area contributed by atoms with Gasteiger partial charge in [0.2, 0.25) is 0 Å². The molecule has 0 amide bonds. The lowest BCUT2D eigenvalue weighted by atomic mass is 10.0. The number of hydrogen-bond acceptors (Lipinski definition) is 2. The summed E-state index contributed by atoms with van der Waals surface area (Å²) in [7, 11) is 0. The van der Waals surface area contributed by atoms with Crippen LogP contribution in [0.4, 0.5) is 0 Å². The fourth-order valence-electron chi connectivity index (χ4n) is 1.84. The summed E-state index contributed by atoms with van der Waals surface area (Å²) in [6.45, 7) is 3.83. The first-order valence-electron chi connectivity index (χ1n) is 5.56. The summed E-state index contributed by atoms with van der Waals surface area (Å²) >= 11 is 0. The zero-order valence-corrected chi connectivity index (χ0v) is 9.56. The molecule has 0 aliphatic heterocycles. The minimum absolute atomic E-state index is 0.101. The molecule has 0 unspecified atom stereocenters. The third-order valence-electron chi connectivity index (χ3n) is 2.65. The fraction of sp³-hybridized carbons (Fsp3) is 0.133. The third kappa shape index (κ3) is 2.53. The van der Waals surface area contributed by atoms with Gasteiger partial charge in [-0.3, -0.25) is 4.79 Å². The average molecular weight is 226 g/mol. The molecule has 0 heterocycles. The normalized spacial score (nSPS) is 10.1. The van der Waals surface area contributed by atoms with Gasteiger partial charge in [0.05, 0.1) is 12.9 Å². The van der Waals surface area contributed by atoms with Gasteiger partial charge in [-0.25, -0.2) is 0 Å². The van der Waals surface area contributed by atoms with Crippen molar-refractivity contribution in [2.75, 3.05) is 6.61 Å². The van der Waals surface area contributed by atoms with Crippen LogP contribution in [0.5, 0.6) is 0 Å². The highest BCUT2D eigenvalue weighted by molar-refractivity contribution is 6.08. The van der Waals surface area contributed by atoms with E-state index < -0.39 is 0 Å². The number of hydrogen-bond donors (Lipinski definition) is 0. The molecule has 2 rings (SSSR count). The van der Waals surface area contributed by atoms with Crippen LogP contribution in [0.15, 0.2) is 55.3 Å². The van der Waals surface area contributed by atoms with Gasteiger partial charge < -0.3 is 4.74 Å². The molecule has 0 saturated carbocycles. The number of ketones is 1. The van der Waals surface area contributed by atoms with Crippen molar-refractivity contribution in [3.05, 3.63) is 60.9 Å². The molecule has 0 aliphatic carbocycles. The van der Waals surface area contributed by atoms with Crippen LogP contribution in [-0.4, -0.2) is 12.4 Å². The first kappa shape index (κ1) is 11.4. The second-order valence-electron chi connectivity index (χ2n) is 3.74. The SMILES string of the molecule is C=COCCC(=O)c1cccc2ccccc12. The van der Waals surface area contributed by atoms with Gasteiger partial charge >= 0.3 is 0 Å². The van der Waals surface area contributed by atoms with E-state index in [9.17, 15) is 4.79 Å². The maximum atomic E-state index is 12.0. The van der Waals surface area contributed by atoms with Crippen LogP contribution in [-0.2, 0) is 4.74 Å². The molecule has 2 aromatic rings. The van der Waals surface area contributed by atoms with Crippen LogP contribution >= 0.6 is 0 Å². The summed E-state index contributed by atoms with van der Waals surface area (Å²) < 4.78 is 4.98. The Morgan fingerprint density at radius 3 is 2.76 bits per heavy atom. The highest BCUT2D eigenvalue weighted by atomic mass is 16.5. The minimum Gasteiger partial charge on any atom is -0.501 e. The highest BCUT2D eigenvalue weighted by Gasteiger charge is 2.09. The second-order valence-corrected chi connectivity index (χ2v) is 3.74. The van der Waals surface area contributed by atoms with E-state index in [-0.39, 0.29) is 5.78 Å². The highest BCUT2D eigenvalue weighted by Crippen LogP contribution is 2.19. The zero-order valence-electron chi connectivity index (χ0n) is 9.56. The van der Waals surface area contributed by atoms with Crippen molar-refractivity contribution in [1.82, 2.24) is 0 Å². The van der Waals surface area contributed by atoms with Crippen LogP contribution < -0.4 is 0 Å². The van der Waals surface area contributed by atoms with E-state index in [1.165, 1.54) is 6.26 Å². The summed E-state index contributed by atoms with van der Waals surface area (Å²) in [5, 5.41) is 2.08. The molecule has 0 N–H and O–H groups in total. The predicted octanol–water partition coefficient (Wildman–Crippen LogP) is 3.57. The first-order valence-corrected chi connectivity index (χ1v) is 5.56. The molecule has 0 atom stereocenters. The lowest BCUT2D eigenvalue weighted by Crippen LogP contribution is -2.03. The van der Waals surface area contributed by atoms with Crippen molar-refractivity contribution < 1.29 is 9.53 Å². The molecule has 0 aromatic heterocycles. The predicted molar refractivity (Wildman–Crippen MR) is 69.0 cm³/mol.